The molecule has 1 amide bonds. The van der Waals surface area contributed by atoms with Crippen molar-refractivity contribution in [2.24, 2.45) is 0 Å². The fourth-order valence-electron chi connectivity index (χ4n) is 2.43. The molecule has 3 rings (SSSR count). The Balaban J connectivity index is 1.92. The zero-order valence-electron chi connectivity index (χ0n) is 10.4. The minimum absolute atomic E-state index is 0.0521. The minimum Gasteiger partial charge on any atom is -0.480 e. The maximum Gasteiger partial charge on any atom is 0.326 e. The summed E-state index contributed by atoms with van der Waals surface area (Å²) in [6, 6.07) is 4.11. The smallest absolute Gasteiger partial charge is 0.326 e. The van der Waals surface area contributed by atoms with Crippen LogP contribution in [0.3, 0.4) is 0 Å². The van der Waals surface area contributed by atoms with E-state index in [2.05, 4.69) is 4.98 Å². The van der Waals surface area contributed by atoms with Crippen molar-refractivity contribution in [3.05, 3.63) is 29.3 Å². The van der Waals surface area contributed by atoms with Crippen molar-refractivity contribution < 1.29 is 19.8 Å². The van der Waals surface area contributed by atoms with Crippen LogP contribution in [0.2, 0.25) is 0 Å². The molecule has 0 radical (unpaired) electrons. The molecule has 6 nitrogen and oxygen atoms in total. The van der Waals surface area contributed by atoms with Gasteiger partial charge in [0.05, 0.1) is 21.8 Å². The SMILES string of the molecule is O=C(O)C1CC(O)CN1C(=O)c1ccc2ncsc2c1. The first-order chi connectivity index (χ1) is 9.56. The molecule has 1 aliphatic rings. The first-order valence-corrected chi connectivity index (χ1v) is 6.99. The van der Waals surface area contributed by atoms with E-state index in [4.69, 9.17) is 5.11 Å². The zero-order valence-corrected chi connectivity index (χ0v) is 11.2. The van der Waals surface area contributed by atoms with Gasteiger partial charge in [-0.25, -0.2) is 9.78 Å². The van der Waals surface area contributed by atoms with E-state index in [0.29, 0.717) is 5.56 Å². The summed E-state index contributed by atoms with van der Waals surface area (Å²) in [5.74, 6) is -1.46. The molecule has 0 bridgehead atoms. The number of carbonyl (C=O) groups is 2. The number of hydrogen-bond donors (Lipinski definition) is 2. The fraction of sp³-hybridized carbons (Fsp3) is 0.308. The van der Waals surface area contributed by atoms with Gasteiger partial charge in [0.15, 0.2) is 0 Å². The molecule has 1 saturated heterocycles. The second-order valence-corrected chi connectivity index (χ2v) is 5.62. The molecule has 1 aromatic carbocycles. The lowest BCUT2D eigenvalue weighted by atomic mass is 10.1. The Morgan fingerprint density at radius 2 is 2.20 bits per heavy atom. The zero-order chi connectivity index (χ0) is 14.3. The van der Waals surface area contributed by atoms with E-state index in [1.54, 1.807) is 23.7 Å². The number of β-amino-alcohol motifs (C(OH)–C–C–N with tert-alkyl or cyclic N) is 1. The van der Waals surface area contributed by atoms with Crippen LogP contribution >= 0.6 is 11.3 Å². The lowest BCUT2D eigenvalue weighted by Crippen LogP contribution is -2.40. The van der Waals surface area contributed by atoms with E-state index in [1.165, 1.54) is 16.2 Å². The van der Waals surface area contributed by atoms with Gasteiger partial charge in [-0.05, 0) is 18.2 Å². The van der Waals surface area contributed by atoms with Crippen molar-refractivity contribution in [3.8, 4) is 0 Å². The van der Waals surface area contributed by atoms with Gasteiger partial charge in [-0.3, -0.25) is 4.79 Å². The van der Waals surface area contributed by atoms with Crippen LogP contribution in [0.5, 0.6) is 0 Å². The van der Waals surface area contributed by atoms with Gasteiger partial charge in [0.2, 0.25) is 0 Å². The lowest BCUT2D eigenvalue weighted by molar-refractivity contribution is -0.141. The number of aliphatic hydroxyl groups is 1. The molecular weight excluding hydrogens is 280 g/mol. The van der Waals surface area contributed by atoms with Crippen LogP contribution in [0.15, 0.2) is 23.7 Å². The van der Waals surface area contributed by atoms with Gasteiger partial charge in [-0.15, -0.1) is 11.3 Å². The molecular formula is C13H12N2O4S. The maximum atomic E-state index is 12.4. The Morgan fingerprint density at radius 1 is 1.40 bits per heavy atom. The van der Waals surface area contributed by atoms with Crippen molar-refractivity contribution in [3.63, 3.8) is 0 Å². The van der Waals surface area contributed by atoms with Crippen molar-refractivity contribution in [1.29, 1.82) is 0 Å². The number of rotatable bonds is 2. The number of benzene rings is 1. The topological polar surface area (TPSA) is 90.7 Å². The molecule has 2 aromatic rings. The fourth-order valence-corrected chi connectivity index (χ4v) is 3.14. The Kier molecular flexibility index (Phi) is 3.15. The van der Waals surface area contributed by atoms with Crippen molar-refractivity contribution in [2.45, 2.75) is 18.6 Å². The molecule has 0 aliphatic carbocycles. The summed E-state index contributed by atoms with van der Waals surface area (Å²) in [5, 5.41) is 18.7. The molecule has 2 unspecified atom stereocenters. The molecule has 1 fully saturated rings. The van der Waals surface area contributed by atoms with Crippen molar-refractivity contribution >= 4 is 33.4 Å². The molecule has 2 atom stereocenters. The average molecular weight is 292 g/mol. The molecule has 0 saturated carbocycles. The number of carboxylic acids is 1. The summed E-state index contributed by atoms with van der Waals surface area (Å²) in [4.78, 5) is 28.9. The first kappa shape index (κ1) is 13.0. The quantitative estimate of drug-likeness (QED) is 0.860. The molecule has 1 aliphatic heterocycles. The summed E-state index contributed by atoms with van der Waals surface area (Å²) in [6.07, 6.45) is -0.712. The standard InChI is InChI=1S/C13H12N2O4S/c16-8-4-10(13(18)19)15(5-8)12(17)7-1-2-9-11(3-7)20-6-14-9/h1-3,6,8,10,16H,4-5H2,(H,18,19). The number of carboxylic acid groups (broad SMARTS) is 1. The Bertz CT molecular complexity index is 684. The van der Waals surface area contributed by atoms with Crippen molar-refractivity contribution in [1.82, 2.24) is 9.88 Å². The highest BCUT2D eigenvalue weighted by Gasteiger charge is 2.39. The largest absolute Gasteiger partial charge is 0.480 e. The summed E-state index contributed by atoms with van der Waals surface area (Å²) in [7, 11) is 0. The molecule has 104 valence electrons. The number of aliphatic hydroxyl groups excluding tert-OH is 1. The number of carbonyl (C=O) groups excluding carboxylic acids is 1. The number of aromatic nitrogens is 1. The van der Waals surface area contributed by atoms with Crippen LogP contribution < -0.4 is 0 Å². The van der Waals surface area contributed by atoms with Crippen LogP contribution in [0.4, 0.5) is 0 Å². The highest BCUT2D eigenvalue weighted by atomic mass is 32.1. The normalized spacial score (nSPS) is 22.4. The number of nitrogens with zero attached hydrogens (tertiary/aromatic N) is 2. The summed E-state index contributed by atoms with van der Waals surface area (Å²) in [6.45, 7) is 0.0521. The molecule has 0 spiro atoms. The van der Waals surface area contributed by atoms with E-state index in [1.807, 2.05) is 0 Å². The second kappa shape index (κ2) is 4.84. The van der Waals surface area contributed by atoms with E-state index in [0.717, 1.165) is 10.2 Å². The van der Waals surface area contributed by atoms with Gasteiger partial charge in [-0.1, -0.05) is 0 Å². The van der Waals surface area contributed by atoms with E-state index < -0.39 is 18.1 Å². The highest BCUT2D eigenvalue weighted by Crippen LogP contribution is 2.24. The van der Waals surface area contributed by atoms with Gasteiger partial charge in [0.1, 0.15) is 6.04 Å². The van der Waals surface area contributed by atoms with Crippen LogP contribution in [0.1, 0.15) is 16.8 Å². The van der Waals surface area contributed by atoms with E-state index in [-0.39, 0.29) is 18.9 Å². The average Bonchev–Trinajstić information content (AvgIpc) is 3.02. The lowest BCUT2D eigenvalue weighted by Gasteiger charge is -2.21. The van der Waals surface area contributed by atoms with Crippen LogP contribution in [0, 0.1) is 0 Å². The monoisotopic (exact) mass is 292 g/mol. The number of thiazole rings is 1. The summed E-state index contributed by atoms with van der Waals surface area (Å²) < 4.78 is 0.877. The number of aliphatic carboxylic acids is 1. The van der Waals surface area contributed by atoms with Crippen LogP contribution in [-0.4, -0.2) is 50.7 Å². The Hall–Kier alpha value is -1.99. The third kappa shape index (κ3) is 2.14. The van der Waals surface area contributed by atoms with Crippen LogP contribution in [-0.2, 0) is 4.79 Å². The van der Waals surface area contributed by atoms with Crippen LogP contribution in [0.25, 0.3) is 10.2 Å². The van der Waals surface area contributed by atoms with Gasteiger partial charge in [0.25, 0.3) is 5.91 Å². The minimum atomic E-state index is -1.09. The molecule has 2 heterocycles. The Labute approximate surface area is 118 Å². The predicted molar refractivity (Wildman–Crippen MR) is 72.7 cm³/mol. The number of fused-ring (bicyclic) bond motifs is 1. The molecule has 7 heteroatoms. The van der Waals surface area contributed by atoms with Gasteiger partial charge < -0.3 is 15.1 Å². The molecule has 2 N–H and O–H groups in total. The predicted octanol–water partition coefficient (Wildman–Crippen LogP) is 0.956. The van der Waals surface area contributed by atoms with E-state index >= 15 is 0 Å². The van der Waals surface area contributed by atoms with Gasteiger partial charge in [-0.2, -0.15) is 0 Å². The number of hydrogen-bond acceptors (Lipinski definition) is 5. The van der Waals surface area contributed by atoms with E-state index in [9.17, 15) is 14.7 Å². The Morgan fingerprint density at radius 3 is 2.95 bits per heavy atom. The maximum absolute atomic E-state index is 12.4. The number of likely N-dealkylation sites (tertiary alicyclic amines) is 1. The number of amides is 1. The third-order valence-electron chi connectivity index (χ3n) is 3.40. The third-order valence-corrected chi connectivity index (χ3v) is 4.19. The first-order valence-electron chi connectivity index (χ1n) is 6.11. The summed E-state index contributed by atoms with van der Waals surface area (Å²) in [5.41, 5.74) is 2.92. The molecule has 20 heavy (non-hydrogen) atoms. The molecule has 1 aromatic heterocycles. The van der Waals surface area contributed by atoms with Gasteiger partial charge in [0, 0.05) is 18.5 Å². The second-order valence-electron chi connectivity index (χ2n) is 4.74. The van der Waals surface area contributed by atoms with Gasteiger partial charge >= 0.3 is 5.97 Å². The highest BCUT2D eigenvalue weighted by molar-refractivity contribution is 7.16. The summed E-state index contributed by atoms with van der Waals surface area (Å²) >= 11 is 1.42. The van der Waals surface area contributed by atoms with Crippen molar-refractivity contribution in [2.75, 3.05) is 6.54 Å².